The molecule has 0 N–H and O–H groups in total. The molecule has 1 heterocycles. The van der Waals surface area contributed by atoms with Crippen LogP contribution in [0.1, 0.15) is 5.56 Å². The van der Waals surface area contributed by atoms with Crippen LogP contribution >= 0.6 is 11.8 Å². The number of thioether (sulfide) groups is 1. The van der Waals surface area contributed by atoms with Crippen molar-refractivity contribution in [2.24, 2.45) is 0 Å². The first-order valence-corrected chi connectivity index (χ1v) is 5.44. The molecule has 0 unspecified atom stereocenters. The summed E-state index contributed by atoms with van der Waals surface area (Å²) in [7, 11) is 0. The summed E-state index contributed by atoms with van der Waals surface area (Å²) in [6.45, 7) is 2.37. The van der Waals surface area contributed by atoms with Crippen molar-refractivity contribution in [3.8, 4) is 0 Å². The molecule has 2 rings (SSSR count). The van der Waals surface area contributed by atoms with Crippen LogP contribution in [0.15, 0.2) is 30.3 Å². The Morgan fingerprint density at radius 3 is 2.75 bits per heavy atom. The fourth-order valence-electron chi connectivity index (χ4n) is 1.42. The van der Waals surface area contributed by atoms with Gasteiger partial charge in [0.2, 0.25) is 0 Å². The van der Waals surface area contributed by atoms with E-state index in [9.17, 15) is 0 Å². The molecule has 1 fully saturated rings. The number of nitrogens with zero attached hydrogens (tertiary/aromatic N) is 1. The zero-order valence-corrected chi connectivity index (χ0v) is 7.89. The smallest absolute Gasteiger partial charge is 0.0448 e. The summed E-state index contributed by atoms with van der Waals surface area (Å²) < 4.78 is 0. The summed E-state index contributed by atoms with van der Waals surface area (Å²) in [5.74, 6) is 2.50. The fraction of sp³-hybridized carbons (Fsp3) is 0.400. The summed E-state index contributed by atoms with van der Waals surface area (Å²) in [6.07, 6.45) is 0. The fourth-order valence-corrected chi connectivity index (χ4v) is 2.41. The normalized spacial score (nSPS) is 18.3. The molecule has 0 atom stereocenters. The molecule has 1 aliphatic rings. The van der Waals surface area contributed by atoms with Crippen molar-refractivity contribution in [3.05, 3.63) is 35.9 Å². The molecule has 1 aromatic carbocycles. The van der Waals surface area contributed by atoms with E-state index in [0.717, 1.165) is 6.54 Å². The van der Waals surface area contributed by atoms with Gasteiger partial charge < -0.3 is 0 Å². The third-order valence-corrected chi connectivity index (χ3v) is 3.09. The molecule has 64 valence electrons. The molecule has 0 aliphatic carbocycles. The predicted octanol–water partition coefficient (Wildman–Crippen LogP) is 2.19. The van der Waals surface area contributed by atoms with Gasteiger partial charge in [-0.2, -0.15) is 0 Å². The molecule has 0 radical (unpaired) electrons. The monoisotopic (exact) mass is 179 g/mol. The van der Waals surface area contributed by atoms with Crippen LogP contribution in [-0.4, -0.2) is 23.1 Å². The molecule has 1 nitrogen and oxygen atoms in total. The first-order chi connectivity index (χ1) is 5.95. The number of benzene rings is 1. The summed E-state index contributed by atoms with van der Waals surface area (Å²) in [5, 5.41) is 0. The maximum atomic E-state index is 2.49. The van der Waals surface area contributed by atoms with E-state index in [1.54, 1.807) is 0 Å². The molecule has 1 aliphatic heterocycles. The highest BCUT2D eigenvalue weighted by Gasteiger charge is 2.11. The summed E-state index contributed by atoms with van der Waals surface area (Å²) in [4.78, 5) is 2.49. The SMILES string of the molecule is c1ccc(CN2CCSC2)cc1. The van der Waals surface area contributed by atoms with Crippen molar-refractivity contribution in [1.29, 1.82) is 0 Å². The van der Waals surface area contributed by atoms with Crippen LogP contribution in [0.25, 0.3) is 0 Å². The maximum Gasteiger partial charge on any atom is 0.0448 e. The Bertz CT molecular complexity index is 229. The first-order valence-electron chi connectivity index (χ1n) is 4.29. The van der Waals surface area contributed by atoms with Crippen molar-refractivity contribution in [1.82, 2.24) is 4.90 Å². The van der Waals surface area contributed by atoms with Crippen molar-refractivity contribution in [2.45, 2.75) is 6.54 Å². The molecule has 0 aromatic heterocycles. The predicted molar refractivity (Wildman–Crippen MR) is 54.2 cm³/mol. The third kappa shape index (κ3) is 2.02. The van der Waals surface area contributed by atoms with Gasteiger partial charge in [-0.05, 0) is 5.56 Å². The second kappa shape index (κ2) is 3.97. The minimum absolute atomic E-state index is 1.12. The number of rotatable bonds is 2. The minimum atomic E-state index is 1.12. The van der Waals surface area contributed by atoms with Gasteiger partial charge in [-0.3, -0.25) is 4.90 Å². The van der Waals surface area contributed by atoms with Gasteiger partial charge in [-0.25, -0.2) is 0 Å². The van der Waals surface area contributed by atoms with Crippen molar-refractivity contribution in [2.75, 3.05) is 18.2 Å². The van der Waals surface area contributed by atoms with Crippen LogP contribution in [0, 0.1) is 0 Å². The van der Waals surface area contributed by atoms with Gasteiger partial charge in [0.1, 0.15) is 0 Å². The Balaban J connectivity index is 1.94. The molecule has 2 heteroatoms. The summed E-state index contributed by atoms with van der Waals surface area (Å²) >= 11 is 2.03. The van der Waals surface area contributed by atoms with E-state index in [1.165, 1.54) is 23.7 Å². The molecule has 12 heavy (non-hydrogen) atoms. The van der Waals surface area contributed by atoms with Gasteiger partial charge in [0, 0.05) is 24.7 Å². The first kappa shape index (κ1) is 8.14. The number of hydrogen-bond donors (Lipinski definition) is 0. The van der Waals surface area contributed by atoms with Gasteiger partial charge in [-0.1, -0.05) is 30.3 Å². The molecule has 0 spiro atoms. The molecular weight excluding hydrogens is 166 g/mol. The highest BCUT2D eigenvalue weighted by Crippen LogP contribution is 2.15. The molecule has 0 bridgehead atoms. The summed E-state index contributed by atoms with van der Waals surface area (Å²) in [5.41, 5.74) is 1.43. The van der Waals surface area contributed by atoms with Crippen LogP contribution in [0.2, 0.25) is 0 Å². The van der Waals surface area contributed by atoms with Crippen molar-refractivity contribution in [3.63, 3.8) is 0 Å². The molecule has 0 amide bonds. The Morgan fingerprint density at radius 2 is 2.08 bits per heavy atom. The van der Waals surface area contributed by atoms with Gasteiger partial charge in [-0.15, -0.1) is 11.8 Å². The molecule has 0 saturated carbocycles. The largest absolute Gasteiger partial charge is 0.289 e. The topological polar surface area (TPSA) is 3.24 Å². The van der Waals surface area contributed by atoms with E-state index >= 15 is 0 Å². The Kier molecular flexibility index (Phi) is 2.69. The van der Waals surface area contributed by atoms with E-state index in [0.29, 0.717) is 0 Å². The maximum absolute atomic E-state index is 2.49. The molecular formula is C10H13NS. The van der Waals surface area contributed by atoms with E-state index in [2.05, 4.69) is 35.2 Å². The second-order valence-corrected chi connectivity index (χ2v) is 4.15. The van der Waals surface area contributed by atoms with Crippen LogP contribution in [0.3, 0.4) is 0 Å². The number of hydrogen-bond acceptors (Lipinski definition) is 2. The Labute approximate surface area is 77.8 Å². The van der Waals surface area contributed by atoms with Gasteiger partial charge in [0.15, 0.2) is 0 Å². The van der Waals surface area contributed by atoms with Gasteiger partial charge in [0.05, 0.1) is 0 Å². The second-order valence-electron chi connectivity index (χ2n) is 3.08. The molecule has 1 saturated heterocycles. The quantitative estimate of drug-likeness (QED) is 0.684. The van der Waals surface area contributed by atoms with Crippen LogP contribution in [0.5, 0.6) is 0 Å². The minimum Gasteiger partial charge on any atom is -0.289 e. The van der Waals surface area contributed by atoms with E-state index in [4.69, 9.17) is 0 Å². The average molecular weight is 179 g/mol. The van der Waals surface area contributed by atoms with Gasteiger partial charge in [0.25, 0.3) is 0 Å². The third-order valence-electron chi connectivity index (χ3n) is 2.07. The highest BCUT2D eigenvalue weighted by molar-refractivity contribution is 7.99. The zero-order chi connectivity index (χ0) is 8.23. The van der Waals surface area contributed by atoms with Gasteiger partial charge >= 0.3 is 0 Å². The average Bonchev–Trinajstić information content (AvgIpc) is 2.59. The lowest BCUT2D eigenvalue weighted by atomic mass is 10.2. The lowest BCUT2D eigenvalue weighted by molar-refractivity contribution is 0.349. The highest BCUT2D eigenvalue weighted by atomic mass is 32.2. The van der Waals surface area contributed by atoms with E-state index in [1.807, 2.05) is 11.8 Å². The van der Waals surface area contributed by atoms with Crippen molar-refractivity contribution < 1.29 is 0 Å². The van der Waals surface area contributed by atoms with Crippen LogP contribution in [-0.2, 0) is 6.54 Å². The van der Waals surface area contributed by atoms with Crippen LogP contribution < -0.4 is 0 Å². The Hall–Kier alpha value is -0.470. The van der Waals surface area contributed by atoms with E-state index < -0.39 is 0 Å². The van der Waals surface area contributed by atoms with Crippen molar-refractivity contribution >= 4 is 11.8 Å². The Morgan fingerprint density at radius 1 is 1.25 bits per heavy atom. The lowest BCUT2D eigenvalue weighted by Gasteiger charge is -2.12. The summed E-state index contributed by atoms with van der Waals surface area (Å²) in [6, 6.07) is 10.7. The van der Waals surface area contributed by atoms with Crippen LogP contribution in [0.4, 0.5) is 0 Å². The molecule has 1 aromatic rings. The standard InChI is InChI=1S/C10H13NS/c1-2-4-10(5-3-1)8-11-6-7-12-9-11/h1-5H,6-9H2. The van der Waals surface area contributed by atoms with E-state index in [-0.39, 0.29) is 0 Å². The lowest BCUT2D eigenvalue weighted by Crippen LogP contribution is -2.18. The zero-order valence-electron chi connectivity index (χ0n) is 7.07.